The Hall–Kier alpha value is -0.870. The number of benzene rings is 1. The van der Waals surface area contributed by atoms with Crippen molar-refractivity contribution in [2.75, 3.05) is 13.2 Å². The number of hydrogen-bond donors (Lipinski definition) is 1. The Labute approximate surface area is 92.0 Å². The lowest BCUT2D eigenvalue weighted by molar-refractivity contribution is 0.0814. The van der Waals surface area contributed by atoms with Crippen molar-refractivity contribution in [2.45, 2.75) is 12.8 Å². The predicted octanol–water partition coefficient (Wildman–Crippen LogP) is 2.49. The smallest absolute Gasteiger partial charge is 0.272 e. The zero-order chi connectivity index (χ0) is 11.3. The van der Waals surface area contributed by atoms with E-state index < -0.39 is 13.0 Å². The molecular weight excluding hydrogens is 224 g/mol. The summed E-state index contributed by atoms with van der Waals surface area (Å²) >= 11 is 5.90. The van der Waals surface area contributed by atoms with Crippen LogP contribution < -0.4 is 10.5 Å². The van der Waals surface area contributed by atoms with Gasteiger partial charge < -0.3 is 10.5 Å². The van der Waals surface area contributed by atoms with E-state index in [2.05, 4.69) is 0 Å². The van der Waals surface area contributed by atoms with E-state index in [1.165, 1.54) is 0 Å². The van der Waals surface area contributed by atoms with Gasteiger partial charge in [-0.2, -0.15) is 0 Å². The van der Waals surface area contributed by atoms with Crippen LogP contribution in [0.2, 0.25) is 5.02 Å². The summed E-state index contributed by atoms with van der Waals surface area (Å²) in [7, 11) is 0. The minimum Gasteiger partial charge on any atom is -0.487 e. The molecule has 2 nitrogen and oxygen atoms in total. The Balaban J connectivity index is 2.80. The summed E-state index contributed by atoms with van der Waals surface area (Å²) in [6.07, 6.45) is -1.98. The molecule has 0 atom stereocenters. The molecule has 0 fully saturated rings. The fourth-order valence-electron chi connectivity index (χ4n) is 1.21. The van der Waals surface area contributed by atoms with E-state index in [0.717, 1.165) is 0 Å². The molecule has 84 valence electrons. The summed E-state index contributed by atoms with van der Waals surface area (Å²) in [6.45, 7) is -0.229. The zero-order valence-electron chi connectivity index (χ0n) is 8.05. The largest absolute Gasteiger partial charge is 0.487 e. The van der Waals surface area contributed by atoms with Crippen molar-refractivity contribution >= 4 is 11.6 Å². The molecule has 15 heavy (non-hydrogen) atoms. The standard InChI is InChI=1S/C10H12ClF2NO/c11-8-2-1-3-9(7(8)4-5-14)15-6-10(12)13/h1-3,10H,4-6,14H2. The summed E-state index contributed by atoms with van der Waals surface area (Å²) < 4.78 is 28.9. The average Bonchev–Trinajstić information content (AvgIpc) is 2.19. The highest BCUT2D eigenvalue weighted by molar-refractivity contribution is 6.31. The normalized spacial score (nSPS) is 10.7. The maximum atomic E-state index is 12.0. The van der Waals surface area contributed by atoms with Gasteiger partial charge in [-0.05, 0) is 25.1 Å². The molecule has 0 heterocycles. The molecule has 5 heteroatoms. The van der Waals surface area contributed by atoms with E-state index >= 15 is 0 Å². The molecule has 0 saturated heterocycles. The molecule has 0 radical (unpaired) electrons. The second-order valence-corrected chi connectivity index (χ2v) is 3.36. The van der Waals surface area contributed by atoms with Crippen molar-refractivity contribution in [3.8, 4) is 5.75 Å². The van der Waals surface area contributed by atoms with Gasteiger partial charge in [0.1, 0.15) is 12.4 Å². The Bertz CT molecular complexity index is 320. The number of hydrogen-bond acceptors (Lipinski definition) is 2. The molecule has 0 aromatic heterocycles. The molecule has 0 amide bonds. The molecule has 0 aliphatic rings. The minimum atomic E-state index is -2.49. The second-order valence-electron chi connectivity index (χ2n) is 2.96. The zero-order valence-corrected chi connectivity index (χ0v) is 8.81. The Morgan fingerprint density at radius 1 is 1.40 bits per heavy atom. The van der Waals surface area contributed by atoms with E-state index in [-0.39, 0.29) is 0 Å². The van der Waals surface area contributed by atoms with Crippen LogP contribution in [0.3, 0.4) is 0 Å². The van der Waals surface area contributed by atoms with Gasteiger partial charge in [0.05, 0.1) is 0 Å². The third kappa shape index (κ3) is 3.64. The lowest BCUT2D eigenvalue weighted by Crippen LogP contribution is -2.10. The lowest BCUT2D eigenvalue weighted by Gasteiger charge is -2.11. The first-order valence-corrected chi connectivity index (χ1v) is 4.91. The third-order valence-electron chi connectivity index (χ3n) is 1.84. The summed E-state index contributed by atoms with van der Waals surface area (Å²) in [6, 6.07) is 4.95. The summed E-state index contributed by atoms with van der Waals surface area (Å²) in [5.41, 5.74) is 6.07. The Morgan fingerprint density at radius 2 is 2.13 bits per heavy atom. The monoisotopic (exact) mass is 235 g/mol. The van der Waals surface area contributed by atoms with Crippen molar-refractivity contribution in [2.24, 2.45) is 5.73 Å². The van der Waals surface area contributed by atoms with Crippen LogP contribution in [0.15, 0.2) is 18.2 Å². The molecule has 0 saturated carbocycles. The van der Waals surface area contributed by atoms with Gasteiger partial charge in [-0.15, -0.1) is 0 Å². The van der Waals surface area contributed by atoms with Crippen LogP contribution in [-0.4, -0.2) is 19.6 Å². The van der Waals surface area contributed by atoms with E-state index in [0.29, 0.717) is 29.3 Å². The molecule has 0 spiro atoms. The van der Waals surface area contributed by atoms with E-state index in [1.807, 2.05) is 0 Å². The highest BCUT2D eigenvalue weighted by Crippen LogP contribution is 2.26. The highest BCUT2D eigenvalue weighted by Gasteiger charge is 2.09. The SMILES string of the molecule is NCCc1c(Cl)cccc1OCC(F)F. The second kappa shape index (κ2) is 5.88. The van der Waals surface area contributed by atoms with E-state index in [4.69, 9.17) is 22.1 Å². The van der Waals surface area contributed by atoms with Crippen molar-refractivity contribution < 1.29 is 13.5 Å². The molecule has 1 aromatic rings. The van der Waals surface area contributed by atoms with Crippen LogP contribution in [0.5, 0.6) is 5.75 Å². The first-order valence-electron chi connectivity index (χ1n) is 4.53. The molecule has 0 unspecified atom stereocenters. The third-order valence-corrected chi connectivity index (χ3v) is 2.19. The van der Waals surface area contributed by atoms with Crippen LogP contribution in [-0.2, 0) is 6.42 Å². The average molecular weight is 236 g/mol. The maximum absolute atomic E-state index is 12.0. The van der Waals surface area contributed by atoms with Crippen molar-refractivity contribution in [1.82, 2.24) is 0 Å². The molecular formula is C10H12ClF2NO. The van der Waals surface area contributed by atoms with E-state index in [9.17, 15) is 8.78 Å². The minimum absolute atomic E-state index is 0.383. The number of ether oxygens (including phenoxy) is 1. The van der Waals surface area contributed by atoms with Crippen molar-refractivity contribution in [1.29, 1.82) is 0 Å². The predicted molar refractivity (Wildman–Crippen MR) is 55.7 cm³/mol. The molecule has 0 aliphatic carbocycles. The quantitative estimate of drug-likeness (QED) is 0.851. The van der Waals surface area contributed by atoms with Gasteiger partial charge >= 0.3 is 0 Å². The molecule has 0 aliphatic heterocycles. The summed E-state index contributed by atoms with van der Waals surface area (Å²) in [5.74, 6) is 0.383. The van der Waals surface area contributed by atoms with Gasteiger partial charge in [0.25, 0.3) is 6.43 Å². The highest BCUT2D eigenvalue weighted by atomic mass is 35.5. The van der Waals surface area contributed by atoms with Gasteiger partial charge in [0, 0.05) is 10.6 Å². The maximum Gasteiger partial charge on any atom is 0.272 e. The van der Waals surface area contributed by atoms with Gasteiger partial charge in [-0.25, -0.2) is 8.78 Å². The fraction of sp³-hybridized carbons (Fsp3) is 0.400. The van der Waals surface area contributed by atoms with Gasteiger partial charge in [0.15, 0.2) is 0 Å². The topological polar surface area (TPSA) is 35.2 Å². The summed E-state index contributed by atoms with van der Waals surface area (Å²) in [4.78, 5) is 0. The van der Waals surface area contributed by atoms with Crippen molar-refractivity contribution in [3.63, 3.8) is 0 Å². The fourth-order valence-corrected chi connectivity index (χ4v) is 1.47. The van der Waals surface area contributed by atoms with Crippen LogP contribution in [0.4, 0.5) is 8.78 Å². The van der Waals surface area contributed by atoms with Crippen LogP contribution in [0, 0.1) is 0 Å². The molecule has 0 bridgehead atoms. The Kier molecular flexibility index (Phi) is 4.78. The van der Waals surface area contributed by atoms with Crippen LogP contribution in [0.25, 0.3) is 0 Å². The molecule has 2 N–H and O–H groups in total. The first kappa shape index (κ1) is 12.2. The molecule has 1 aromatic carbocycles. The first-order chi connectivity index (χ1) is 7.15. The summed E-state index contributed by atoms with van der Waals surface area (Å²) in [5, 5.41) is 0.493. The number of nitrogens with two attached hydrogens (primary N) is 1. The lowest BCUT2D eigenvalue weighted by atomic mass is 10.1. The van der Waals surface area contributed by atoms with Crippen LogP contribution >= 0.6 is 11.6 Å². The van der Waals surface area contributed by atoms with Gasteiger partial charge in [0.2, 0.25) is 0 Å². The van der Waals surface area contributed by atoms with Gasteiger partial charge in [-0.1, -0.05) is 17.7 Å². The number of halogens is 3. The number of rotatable bonds is 5. The molecule has 1 rings (SSSR count). The Morgan fingerprint density at radius 3 is 2.73 bits per heavy atom. The number of alkyl halides is 2. The van der Waals surface area contributed by atoms with Gasteiger partial charge in [-0.3, -0.25) is 0 Å². The van der Waals surface area contributed by atoms with Crippen molar-refractivity contribution in [3.05, 3.63) is 28.8 Å². The van der Waals surface area contributed by atoms with Crippen LogP contribution in [0.1, 0.15) is 5.56 Å². The van der Waals surface area contributed by atoms with E-state index in [1.54, 1.807) is 18.2 Å².